The predicted octanol–water partition coefficient (Wildman–Crippen LogP) is 3.11. The molecule has 2 heterocycles. The number of carbonyl (C=O) groups is 1. The maximum absolute atomic E-state index is 11.1. The minimum absolute atomic E-state index is 0.0891. The first-order valence-electron chi connectivity index (χ1n) is 5.30. The first-order valence-corrected chi connectivity index (χ1v) is 6.05. The van der Waals surface area contributed by atoms with Crippen LogP contribution in [0, 0.1) is 0 Å². The molecule has 2 aromatic heterocycles. The van der Waals surface area contributed by atoms with Crippen molar-refractivity contribution < 1.29 is 14.3 Å². The van der Waals surface area contributed by atoms with Gasteiger partial charge in [0.15, 0.2) is 5.82 Å². The van der Waals surface area contributed by atoms with Gasteiger partial charge in [0.25, 0.3) is 0 Å². The highest BCUT2D eigenvalue weighted by Gasteiger charge is 2.11. The molecule has 0 radical (unpaired) electrons. The molecule has 19 heavy (non-hydrogen) atoms. The van der Waals surface area contributed by atoms with Crippen LogP contribution in [0.15, 0.2) is 24.8 Å². The van der Waals surface area contributed by atoms with Gasteiger partial charge in [0, 0.05) is 6.20 Å². The topological polar surface area (TPSA) is 66.2 Å². The fourth-order valence-electron chi connectivity index (χ4n) is 1.30. The lowest BCUT2D eigenvalue weighted by Gasteiger charge is -2.03. The summed E-state index contributed by atoms with van der Waals surface area (Å²) in [6, 6.07) is 1.55. The van der Waals surface area contributed by atoms with Gasteiger partial charge >= 0.3 is 6.16 Å². The van der Waals surface area contributed by atoms with E-state index in [0.29, 0.717) is 15.9 Å². The van der Waals surface area contributed by atoms with Crippen molar-refractivity contribution in [2.45, 2.75) is 6.92 Å². The molecule has 0 unspecified atom stereocenters. The van der Waals surface area contributed by atoms with Gasteiger partial charge in [-0.15, -0.1) is 0 Å². The Hall–Kier alpha value is -1.79. The molecular weight excluding hydrogens is 293 g/mol. The summed E-state index contributed by atoms with van der Waals surface area (Å²) in [5, 5.41) is 0.782. The molecule has 0 saturated heterocycles. The number of halogens is 2. The minimum Gasteiger partial charge on any atom is -0.434 e. The molecule has 0 bridgehead atoms. The van der Waals surface area contributed by atoms with E-state index >= 15 is 0 Å². The van der Waals surface area contributed by atoms with Crippen LogP contribution in [0.25, 0.3) is 5.82 Å². The van der Waals surface area contributed by atoms with Crippen LogP contribution in [0.4, 0.5) is 4.79 Å². The Morgan fingerprint density at radius 1 is 1.42 bits per heavy atom. The van der Waals surface area contributed by atoms with Crippen molar-refractivity contribution in [3.8, 4) is 11.7 Å². The average molecular weight is 302 g/mol. The molecule has 0 aliphatic heterocycles. The highest BCUT2D eigenvalue weighted by molar-refractivity contribution is 6.35. The molecular formula is C11H9Cl2N3O3. The first kappa shape index (κ1) is 13.6. The number of imidazole rings is 1. The van der Waals surface area contributed by atoms with E-state index in [-0.39, 0.29) is 12.5 Å². The maximum Gasteiger partial charge on any atom is 0.515 e. The Morgan fingerprint density at radius 2 is 2.21 bits per heavy atom. The smallest absolute Gasteiger partial charge is 0.434 e. The van der Waals surface area contributed by atoms with Gasteiger partial charge in [-0.3, -0.25) is 4.57 Å². The Morgan fingerprint density at radius 3 is 2.89 bits per heavy atom. The molecule has 0 saturated carbocycles. The van der Waals surface area contributed by atoms with E-state index in [2.05, 4.69) is 14.7 Å². The van der Waals surface area contributed by atoms with E-state index < -0.39 is 6.16 Å². The third kappa shape index (κ3) is 3.36. The highest BCUT2D eigenvalue weighted by Crippen LogP contribution is 2.22. The highest BCUT2D eigenvalue weighted by atomic mass is 35.5. The number of pyridine rings is 1. The van der Waals surface area contributed by atoms with Crippen molar-refractivity contribution in [3.63, 3.8) is 0 Å². The summed E-state index contributed by atoms with van der Waals surface area (Å²) >= 11 is 11.8. The van der Waals surface area contributed by atoms with Gasteiger partial charge in [0.1, 0.15) is 6.33 Å². The van der Waals surface area contributed by atoms with Crippen LogP contribution in [-0.2, 0) is 4.74 Å². The van der Waals surface area contributed by atoms with Crippen LogP contribution in [-0.4, -0.2) is 27.3 Å². The summed E-state index contributed by atoms with van der Waals surface area (Å²) in [6.45, 7) is 1.90. The molecule has 0 atom stereocenters. The predicted molar refractivity (Wildman–Crippen MR) is 69.0 cm³/mol. The van der Waals surface area contributed by atoms with Gasteiger partial charge < -0.3 is 9.47 Å². The fourth-order valence-corrected chi connectivity index (χ4v) is 1.78. The quantitative estimate of drug-likeness (QED) is 0.815. The fraction of sp³-hybridized carbons (Fsp3) is 0.182. The molecule has 0 spiro atoms. The van der Waals surface area contributed by atoms with Gasteiger partial charge in [-0.2, -0.15) is 0 Å². The Labute approximate surface area is 118 Å². The van der Waals surface area contributed by atoms with Gasteiger partial charge in [0.2, 0.25) is 5.88 Å². The second kappa shape index (κ2) is 5.90. The molecule has 100 valence electrons. The van der Waals surface area contributed by atoms with Crippen LogP contribution in [0.5, 0.6) is 5.88 Å². The average Bonchev–Trinajstić information content (AvgIpc) is 2.77. The number of ether oxygens (including phenoxy) is 2. The second-order valence-corrected chi connectivity index (χ2v) is 4.21. The SMILES string of the molecule is CCOC(=O)Oc1cn(-c2ncc(Cl)cc2Cl)cn1. The molecule has 0 amide bonds. The van der Waals surface area contributed by atoms with Crippen molar-refractivity contribution in [1.29, 1.82) is 0 Å². The summed E-state index contributed by atoms with van der Waals surface area (Å²) in [5.74, 6) is 0.517. The number of rotatable bonds is 3. The number of hydrogen-bond donors (Lipinski definition) is 0. The normalized spacial score (nSPS) is 10.3. The van der Waals surface area contributed by atoms with E-state index in [1.54, 1.807) is 13.0 Å². The zero-order chi connectivity index (χ0) is 13.8. The van der Waals surface area contributed by atoms with Crippen molar-refractivity contribution >= 4 is 29.4 Å². The van der Waals surface area contributed by atoms with Gasteiger partial charge in [-0.05, 0) is 13.0 Å². The Kier molecular flexibility index (Phi) is 4.24. The van der Waals surface area contributed by atoms with Crippen LogP contribution in [0.3, 0.4) is 0 Å². The van der Waals surface area contributed by atoms with E-state index in [1.807, 2.05) is 0 Å². The molecule has 0 aromatic carbocycles. The van der Waals surface area contributed by atoms with E-state index in [0.717, 1.165) is 0 Å². The Balaban J connectivity index is 2.18. The van der Waals surface area contributed by atoms with E-state index in [9.17, 15) is 4.79 Å². The van der Waals surface area contributed by atoms with Crippen molar-refractivity contribution in [3.05, 3.63) is 34.8 Å². The van der Waals surface area contributed by atoms with Gasteiger partial charge in [0.05, 0.1) is 22.8 Å². The lowest BCUT2D eigenvalue weighted by atomic mass is 10.4. The number of aromatic nitrogens is 3. The largest absolute Gasteiger partial charge is 0.515 e. The number of carbonyl (C=O) groups excluding carboxylic acids is 1. The first-order chi connectivity index (χ1) is 9.10. The zero-order valence-electron chi connectivity index (χ0n) is 9.84. The molecule has 0 fully saturated rings. The van der Waals surface area contributed by atoms with Crippen molar-refractivity contribution in [1.82, 2.24) is 14.5 Å². The molecule has 0 aliphatic rings. The Bertz CT molecular complexity index is 601. The standard InChI is InChI=1S/C11H9Cl2N3O3/c1-2-18-11(17)19-9-5-16(6-15-9)10-8(13)3-7(12)4-14-10/h3-6H,2H2,1H3. The van der Waals surface area contributed by atoms with Crippen LogP contribution >= 0.6 is 23.2 Å². The van der Waals surface area contributed by atoms with Crippen LogP contribution in [0.1, 0.15) is 6.92 Å². The molecule has 0 N–H and O–H groups in total. The van der Waals surface area contributed by atoms with E-state index in [1.165, 1.54) is 23.3 Å². The summed E-state index contributed by atoms with van der Waals surface area (Å²) in [6.07, 6.45) is 3.51. The monoisotopic (exact) mass is 301 g/mol. The van der Waals surface area contributed by atoms with Gasteiger partial charge in [-0.1, -0.05) is 23.2 Å². The zero-order valence-corrected chi connectivity index (χ0v) is 11.4. The summed E-state index contributed by atoms with van der Waals surface area (Å²) in [7, 11) is 0. The third-order valence-corrected chi connectivity index (χ3v) is 2.53. The number of hydrogen-bond acceptors (Lipinski definition) is 5. The molecule has 2 aromatic rings. The molecule has 0 aliphatic carbocycles. The lowest BCUT2D eigenvalue weighted by molar-refractivity contribution is 0.103. The van der Waals surface area contributed by atoms with Gasteiger partial charge in [-0.25, -0.2) is 14.8 Å². The summed E-state index contributed by atoms with van der Waals surface area (Å²) in [5.41, 5.74) is 0. The third-order valence-electron chi connectivity index (χ3n) is 2.04. The van der Waals surface area contributed by atoms with E-state index in [4.69, 9.17) is 27.9 Å². The van der Waals surface area contributed by atoms with Crippen LogP contribution < -0.4 is 4.74 Å². The van der Waals surface area contributed by atoms with Crippen molar-refractivity contribution in [2.24, 2.45) is 0 Å². The van der Waals surface area contributed by atoms with Crippen molar-refractivity contribution in [2.75, 3.05) is 6.61 Å². The minimum atomic E-state index is -0.817. The molecule has 6 nitrogen and oxygen atoms in total. The van der Waals surface area contributed by atoms with Crippen LogP contribution in [0.2, 0.25) is 10.0 Å². The molecule has 8 heteroatoms. The maximum atomic E-state index is 11.1. The summed E-state index contributed by atoms with van der Waals surface area (Å²) < 4.78 is 11.0. The summed E-state index contributed by atoms with van der Waals surface area (Å²) in [4.78, 5) is 19.1. The lowest BCUT2D eigenvalue weighted by Crippen LogP contribution is -2.10. The number of nitrogens with zero attached hydrogens (tertiary/aromatic N) is 3. The molecule has 2 rings (SSSR count). The second-order valence-electron chi connectivity index (χ2n) is 3.36.